The van der Waals surface area contributed by atoms with E-state index in [0.717, 1.165) is 10.9 Å². The monoisotopic (exact) mass is 323 g/mol. The Morgan fingerprint density at radius 2 is 2.26 bits per heavy atom. The smallest absolute Gasteiger partial charge is 0.233 e. The first-order valence-corrected chi connectivity index (χ1v) is 6.72. The fourth-order valence-corrected chi connectivity index (χ4v) is 2.15. The van der Waals surface area contributed by atoms with Crippen molar-refractivity contribution >= 4 is 21.7 Å². The molecular formula is C13H14BrN3O2. The van der Waals surface area contributed by atoms with Gasteiger partial charge in [0, 0.05) is 11.0 Å². The van der Waals surface area contributed by atoms with E-state index in [4.69, 9.17) is 4.74 Å². The van der Waals surface area contributed by atoms with Gasteiger partial charge in [0.05, 0.1) is 12.7 Å². The third kappa shape index (κ3) is 2.84. The molecule has 0 atom stereocenters. The molecule has 0 spiro atoms. The van der Waals surface area contributed by atoms with Crippen LogP contribution >= 0.6 is 15.9 Å². The van der Waals surface area contributed by atoms with E-state index >= 15 is 0 Å². The minimum atomic E-state index is -0.191. The van der Waals surface area contributed by atoms with Crippen LogP contribution in [0.1, 0.15) is 29.5 Å². The number of ether oxygens (including phenoxy) is 1. The van der Waals surface area contributed by atoms with Crippen molar-refractivity contribution in [3.63, 3.8) is 0 Å². The lowest BCUT2D eigenvalue weighted by Crippen LogP contribution is -2.13. The number of hydrogen-bond donors (Lipinski definition) is 0. The van der Waals surface area contributed by atoms with Crippen molar-refractivity contribution in [2.75, 3.05) is 7.11 Å². The molecule has 0 amide bonds. The Hall–Kier alpha value is -1.69. The Bertz CT molecular complexity index is 595. The minimum absolute atomic E-state index is 0.191. The summed E-state index contributed by atoms with van der Waals surface area (Å²) in [5.74, 6) is 0.668. The number of hydrogen-bond acceptors (Lipinski definition) is 4. The number of ketones is 1. The summed E-state index contributed by atoms with van der Waals surface area (Å²) in [6.45, 7) is 2.69. The second-order valence-electron chi connectivity index (χ2n) is 3.98. The minimum Gasteiger partial charge on any atom is -0.496 e. The molecule has 100 valence electrons. The molecule has 0 bridgehead atoms. The molecule has 0 N–H and O–H groups in total. The quantitative estimate of drug-likeness (QED) is 0.794. The first-order valence-electron chi connectivity index (χ1n) is 5.93. The summed E-state index contributed by atoms with van der Waals surface area (Å²) in [6.07, 6.45) is 2.28. The highest BCUT2D eigenvalue weighted by atomic mass is 79.9. The van der Waals surface area contributed by atoms with Crippen LogP contribution in [-0.4, -0.2) is 27.7 Å². The van der Waals surface area contributed by atoms with Crippen molar-refractivity contribution in [3.8, 4) is 5.75 Å². The lowest BCUT2D eigenvalue weighted by molar-refractivity contribution is 0.102. The zero-order valence-electron chi connectivity index (χ0n) is 10.8. The predicted octanol–water partition coefficient (Wildman–Crippen LogP) is 2.69. The van der Waals surface area contributed by atoms with E-state index in [2.05, 4.69) is 26.0 Å². The van der Waals surface area contributed by atoms with Crippen molar-refractivity contribution in [2.24, 2.45) is 0 Å². The van der Waals surface area contributed by atoms with Crippen LogP contribution < -0.4 is 4.74 Å². The van der Waals surface area contributed by atoms with Crippen molar-refractivity contribution in [2.45, 2.75) is 19.9 Å². The molecular weight excluding hydrogens is 310 g/mol. The summed E-state index contributed by atoms with van der Waals surface area (Å²) < 4.78 is 7.65. The van der Waals surface area contributed by atoms with E-state index in [1.54, 1.807) is 16.8 Å². The average molecular weight is 324 g/mol. The molecule has 0 saturated carbocycles. The molecule has 2 rings (SSSR count). The lowest BCUT2D eigenvalue weighted by Gasteiger charge is -2.08. The zero-order chi connectivity index (χ0) is 13.8. The highest BCUT2D eigenvalue weighted by Gasteiger charge is 2.20. The summed E-state index contributed by atoms with van der Waals surface area (Å²) in [5, 5.41) is 4.06. The van der Waals surface area contributed by atoms with Gasteiger partial charge in [-0.05, 0) is 24.6 Å². The Kier molecular flexibility index (Phi) is 4.31. The first kappa shape index (κ1) is 13.7. The van der Waals surface area contributed by atoms with E-state index in [0.29, 0.717) is 23.7 Å². The topological polar surface area (TPSA) is 57.0 Å². The van der Waals surface area contributed by atoms with Crippen LogP contribution in [0.25, 0.3) is 0 Å². The molecule has 0 radical (unpaired) electrons. The van der Waals surface area contributed by atoms with E-state index in [1.165, 1.54) is 13.4 Å². The summed E-state index contributed by atoms with van der Waals surface area (Å²) >= 11 is 3.36. The molecule has 1 aromatic heterocycles. The van der Waals surface area contributed by atoms with Crippen molar-refractivity contribution in [1.29, 1.82) is 0 Å². The van der Waals surface area contributed by atoms with Crippen molar-refractivity contribution in [3.05, 3.63) is 40.4 Å². The summed E-state index contributed by atoms with van der Waals surface area (Å²) in [5.41, 5.74) is 0.474. The van der Waals surface area contributed by atoms with Gasteiger partial charge in [-0.1, -0.05) is 22.9 Å². The van der Waals surface area contributed by atoms with Gasteiger partial charge in [0.1, 0.15) is 12.1 Å². The lowest BCUT2D eigenvalue weighted by atomic mass is 10.1. The van der Waals surface area contributed by atoms with Gasteiger partial charge in [0.15, 0.2) is 5.82 Å². The number of rotatable bonds is 5. The number of halogens is 1. The predicted molar refractivity (Wildman–Crippen MR) is 74.4 cm³/mol. The fraction of sp³-hybridized carbons (Fsp3) is 0.308. The Labute approximate surface area is 119 Å². The number of benzene rings is 1. The highest BCUT2D eigenvalue weighted by Crippen LogP contribution is 2.25. The summed E-state index contributed by atoms with van der Waals surface area (Å²) in [7, 11) is 1.54. The third-order valence-electron chi connectivity index (χ3n) is 2.66. The number of aryl methyl sites for hydroxylation is 1. The second-order valence-corrected chi connectivity index (χ2v) is 4.90. The number of carbonyl (C=O) groups is 1. The molecule has 2 aromatic rings. The largest absolute Gasteiger partial charge is 0.496 e. The van der Waals surface area contributed by atoms with E-state index in [-0.39, 0.29) is 5.78 Å². The molecule has 0 unspecified atom stereocenters. The molecule has 0 saturated heterocycles. The molecule has 6 heteroatoms. The summed E-state index contributed by atoms with van der Waals surface area (Å²) in [6, 6.07) is 5.30. The van der Waals surface area contributed by atoms with Crippen LogP contribution in [-0.2, 0) is 6.54 Å². The van der Waals surface area contributed by atoms with Gasteiger partial charge in [-0.25, -0.2) is 9.67 Å². The van der Waals surface area contributed by atoms with Gasteiger partial charge < -0.3 is 4.74 Å². The van der Waals surface area contributed by atoms with Gasteiger partial charge in [0.2, 0.25) is 5.78 Å². The van der Waals surface area contributed by atoms with Gasteiger partial charge in [0.25, 0.3) is 0 Å². The van der Waals surface area contributed by atoms with Gasteiger partial charge in [-0.3, -0.25) is 4.79 Å². The number of nitrogens with zero attached hydrogens (tertiary/aromatic N) is 3. The van der Waals surface area contributed by atoms with Crippen molar-refractivity contribution in [1.82, 2.24) is 14.8 Å². The standard InChI is InChI=1S/C13H14BrN3O2/c1-3-6-17-13(15-8-16-17)12(18)10-7-9(14)4-5-11(10)19-2/h4-5,7-8H,3,6H2,1-2H3. The van der Waals surface area contributed by atoms with Gasteiger partial charge in [-0.15, -0.1) is 0 Å². The van der Waals surface area contributed by atoms with E-state index in [9.17, 15) is 4.79 Å². The van der Waals surface area contributed by atoms with Gasteiger partial charge in [-0.2, -0.15) is 5.10 Å². The number of aromatic nitrogens is 3. The molecule has 1 aromatic carbocycles. The van der Waals surface area contributed by atoms with Crippen LogP contribution in [0, 0.1) is 0 Å². The molecule has 1 heterocycles. The number of carbonyl (C=O) groups excluding carboxylic acids is 1. The molecule has 0 aliphatic carbocycles. The Balaban J connectivity index is 2.43. The normalized spacial score (nSPS) is 10.5. The maximum absolute atomic E-state index is 12.5. The highest BCUT2D eigenvalue weighted by molar-refractivity contribution is 9.10. The summed E-state index contributed by atoms with van der Waals surface area (Å²) in [4.78, 5) is 16.6. The molecule has 0 aliphatic rings. The first-order chi connectivity index (χ1) is 9.17. The SMILES string of the molecule is CCCn1ncnc1C(=O)c1cc(Br)ccc1OC. The number of methoxy groups -OCH3 is 1. The maximum atomic E-state index is 12.5. The van der Waals surface area contributed by atoms with Crippen LogP contribution in [0.2, 0.25) is 0 Å². The van der Waals surface area contributed by atoms with Crippen LogP contribution in [0.5, 0.6) is 5.75 Å². The maximum Gasteiger partial charge on any atom is 0.233 e. The van der Waals surface area contributed by atoms with Crippen LogP contribution in [0.3, 0.4) is 0 Å². The zero-order valence-corrected chi connectivity index (χ0v) is 12.3. The second kappa shape index (κ2) is 5.97. The molecule has 0 fully saturated rings. The van der Waals surface area contributed by atoms with E-state index < -0.39 is 0 Å². The fourth-order valence-electron chi connectivity index (χ4n) is 1.79. The van der Waals surface area contributed by atoms with Gasteiger partial charge >= 0.3 is 0 Å². The average Bonchev–Trinajstić information content (AvgIpc) is 2.86. The van der Waals surface area contributed by atoms with E-state index in [1.807, 2.05) is 13.0 Å². The van der Waals surface area contributed by atoms with Crippen molar-refractivity contribution < 1.29 is 9.53 Å². The third-order valence-corrected chi connectivity index (χ3v) is 3.15. The molecule has 19 heavy (non-hydrogen) atoms. The Morgan fingerprint density at radius 3 is 2.95 bits per heavy atom. The Morgan fingerprint density at radius 1 is 1.47 bits per heavy atom. The molecule has 5 nitrogen and oxygen atoms in total. The van der Waals surface area contributed by atoms with Crippen LogP contribution in [0.15, 0.2) is 29.0 Å². The molecule has 0 aliphatic heterocycles. The van der Waals surface area contributed by atoms with Crippen LogP contribution in [0.4, 0.5) is 0 Å².